The lowest BCUT2D eigenvalue weighted by molar-refractivity contribution is 0.0526. The van der Waals surface area contributed by atoms with Gasteiger partial charge in [-0.05, 0) is 83.8 Å². The zero-order valence-electron chi connectivity index (χ0n) is 16.6. The summed E-state index contributed by atoms with van der Waals surface area (Å²) in [7, 11) is 0. The van der Waals surface area contributed by atoms with Crippen LogP contribution in [0, 0.1) is 5.92 Å². The zero-order chi connectivity index (χ0) is 20.1. The quantitative estimate of drug-likeness (QED) is 0.354. The van der Waals surface area contributed by atoms with Crippen molar-refractivity contribution in [2.75, 3.05) is 13.2 Å². The summed E-state index contributed by atoms with van der Waals surface area (Å²) in [5, 5.41) is 0.751. The third-order valence-electron chi connectivity index (χ3n) is 4.49. The van der Waals surface area contributed by atoms with Gasteiger partial charge in [-0.1, -0.05) is 13.8 Å². The average Bonchev–Trinajstić information content (AvgIpc) is 3.04. The van der Waals surface area contributed by atoms with Crippen molar-refractivity contribution in [2.45, 2.75) is 46.5 Å². The molecule has 0 saturated heterocycles. The van der Waals surface area contributed by atoms with Crippen molar-refractivity contribution in [2.24, 2.45) is 10.9 Å². The smallest absolute Gasteiger partial charge is 0.341 e. The highest BCUT2D eigenvalue weighted by atomic mass is 79.9. The number of esters is 1. The normalized spacial score (nSPS) is 13.8. The molecule has 150 valence electrons. The van der Waals surface area contributed by atoms with E-state index < -0.39 is 0 Å². The molecule has 0 spiro atoms. The molecule has 0 saturated carbocycles. The van der Waals surface area contributed by atoms with Gasteiger partial charge in [0, 0.05) is 11.1 Å². The van der Waals surface area contributed by atoms with E-state index in [2.05, 4.69) is 34.8 Å². The molecule has 0 atom stereocenters. The molecule has 1 aliphatic carbocycles. The minimum atomic E-state index is -0.257. The first-order chi connectivity index (χ1) is 13.5. The van der Waals surface area contributed by atoms with Crippen LogP contribution >= 0.6 is 27.3 Å². The fraction of sp³-hybridized carbons (Fsp3) is 0.455. The maximum Gasteiger partial charge on any atom is 0.341 e. The number of rotatable bonds is 7. The Kier molecular flexibility index (Phi) is 7.30. The number of fused-ring (bicyclic) bond motifs is 1. The van der Waals surface area contributed by atoms with Crippen molar-refractivity contribution >= 4 is 44.5 Å². The van der Waals surface area contributed by atoms with Crippen LogP contribution in [-0.4, -0.2) is 25.4 Å². The van der Waals surface area contributed by atoms with Crippen LogP contribution in [0.5, 0.6) is 5.75 Å². The van der Waals surface area contributed by atoms with Crippen molar-refractivity contribution in [3.63, 3.8) is 0 Å². The Bertz CT molecular complexity index is 873. The summed E-state index contributed by atoms with van der Waals surface area (Å²) in [6.45, 7) is 7.13. The summed E-state index contributed by atoms with van der Waals surface area (Å²) < 4.78 is 12.0. The van der Waals surface area contributed by atoms with Crippen LogP contribution in [-0.2, 0) is 17.6 Å². The van der Waals surface area contributed by atoms with Crippen LogP contribution in [0.1, 0.15) is 60.0 Å². The highest BCUT2D eigenvalue weighted by molar-refractivity contribution is 9.10. The summed E-state index contributed by atoms with van der Waals surface area (Å²) in [5.41, 5.74) is 2.75. The lowest BCUT2D eigenvalue weighted by Gasteiger charge is -2.11. The second-order valence-corrected chi connectivity index (χ2v) is 9.20. The number of nitrogens with zero attached hydrogens (tertiary/aromatic N) is 1. The maximum absolute atomic E-state index is 12.5. The molecule has 0 aliphatic heterocycles. The van der Waals surface area contributed by atoms with Crippen LogP contribution in [0.2, 0.25) is 0 Å². The molecule has 1 aliphatic rings. The molecule has 1 aromatic carbocycles. The Morgan fingerprint density at radius 1 is 1.32 bits per heavy atom. The van der Waals surface area contributed by atoms with Crippen molar-refractivity contribution in [3.05, 3.63) is 44.2 Å². The monoisotopic (exact) mass is 463 g/mol. The van der Waals surface area contributed by atoms with Gasteiger partial charge >= 0.3 is 5.97 Å². The Morgan fingerprint density at radius 2 is 2.11 bits per heavy atom. The van der Waals surface area contributed by atoms with E-state index in [1.54, 1.807) is 17.6 Å². The molecule has 1 heterocycles. The zero-order valence-corrected chi connectivity index (χ0v) is 19.0. The second-order valence-electron chi connectivity index (χ2n) is 7.26. The lowest BCUT2D eigenvalue weighted by atomic mass is 9.95. The maximum atomic E-state index is 12.5. The van der Waals surface area contributed by atoms with Crippen LogP contribution in [0.4, 0.5) is 5.00 Å². The first-order valence-electron chi connectivity index (χ1n) is 9.77. The van der Waals surface area contributed by atoms with Crippen LogP contribution in [0.25, 0.3) is 0 Å². The number of thiophene rings is 1. The van der Waals surface area contributed by atoms with Gasteiger partial charge in [0.25, 0.3) is 0 Å². The van der Waals surface area contributed by atoms with Gasteiger partial charge in [-0.25, -0.2) is 9.79 Å². The number of hydrogen-bond acceptors (Lipinski definition) is 5. The molecule has 0 unspecified atom stereocenters. The Hall–Kier alpha value is -1.66. The first-order valence-corrected chi connectivity index (χ1v) is 11.4. The summed E-state index contributed by atoms with van der Waals surface area (Å²) in [6.07, 6.45) is 6.04. The molecule has 2 aromatic rings. The van der Waals surface area contributed by atoms with Gasteiger partial charge in [-0.3, -0.25) is 0 Å². The fourth-order valence-electron chi connectivity index (χ4n) is 3.16. The fourth-order valence-corrected chi connectivity index (χ4v) is 4.89. The molecule has 0 bridgehead atoms. The number of ether oxygens (including phenoxy) is 2. The van der Waals surface area contributed by atoms with Crippen molar-refractivity contribution in [1.82, 2.24) is 0 Å². The molecule has 6 heteroatoms. The van der Waals surface area contributed by atoms with Crippen molar-refractivity contribution in [1.29, 1.82) is 0 Å². The van der Waals surface area contributed by atoms with Gasteiger partial charge in [0.2, 0.25) is 0 Å². The third kappa shape index (κ3) is 5.03. The number of halogens is 1. The van der Waals surface area contributed by atoms with Crippen LogP contribution < -0.4 is 4.74 Å². The SMILES string of the molecule is CCOC(=O)c1c(N=Cc2ccc(OCC(C)C)c(Br)c2)sc2c1CCCC2. The Balaban J connectivity index is 1.85. The molecular formula is C22H26BrNO3S. The van der Waals surface area contributed by atoms with Crippen molar-refractivity contribution < 1.29 is 14.3 Å². The highest BCUT2D eigenvalue weighted by Gasteiger charge is 2.26. The minimum Gasteiger partial charge on any atom is -0.492 e. The Labute approximate surface area is 179 Å². The van der Waals surface area contributed by atoms with Gasteiger partial charge in [-0.2, -0.15) is 0 Å². The van der Waals surface area contributed by atoms with Gasteiger partial charge in [0.15, 0.2) is 0 Å². The molecule has 28 heavy (non-hydrogen) atoms. The van der Waals surface area contributed by atoms with E-state index in [1.165, 1.54) is 11.3 Å². The van der Waals surface area contributed by atoms with Gasteiger partial charge < -0.3 is 9.47 Å². The van der Waals surface area contributed by atoms with Crippen LogP contribution in [0.3, 0.4) is 0 Å². The number of carbonyl (C=O) groups is 1. The van der Waals surface area contributed by atoms with E-state index in [0.29, 0.717) is 24.7 Å². The van der Waals surface area contributed by atoms with E-state index in [9.17, 15) is 4.79 Å². The largest absolute Gasteiger partial charge is 0.492 e. The molecule has 0 amide bonds. The summed E-state index contributed by atoms with van der Waals surface area (Å²) in [6, 6.07) is 5.90. The third-order valence-corrected chi connectivity index (χ3v) is 6.31. The molecule has 3 rings (SSSR count). The van der Waals surface area contributed by atoms with Gasteiger partial charge in [0.05, 0.1) is 23.2 Å². The molecule has 4 nitrogen and oxygen atoms in total. The van der Waals surface area contributed by atoms with E-state index in [0.717, 1.165) is 45.6 Å². The Morgan fingerprint density at radius 3 is 2.82 bits per heavy atom. The summed E-state index contributed by atoms with van der Waals surface area (Å²) in [5.74, 6) is 1.04. The van der Waals surface area contributed by atoms with Gasteiger partial charge in [-0.15, -0.1) is 11.3 Å². The minimum absolute atomic E-state index is 0.257. The number of carbonyl (C=O) groups excluding carboxylic acids is 1. The number of aryl methyl sites for hydroxylation is 1. The molecular weight excluding hydrogens is 438 g/mol. The standard InChI is InChI=1S/C22H26BrNO3S/c1-4-26-22(25)20-16-7-5-6-8-19(16)28-21(20)24-12-15-9-10-18(17(23)11-15)27-13-14(2)3/h9-12,14H,4-8,13H2,1-3H3. The van der Waals surface area contributed by atoms with Crippen molar-refractivity contribution in [3.8, 4) is 5.75 Å². The molecule has 0 N–H and O–H groups in total. The number of aliphatic imine (C=N–C) groups is 1. The average molecular weight is 464 g/mol. The predicted octanol–water partition coefficient (Wildman–Crippen LogP) is 6.35. The van der Waals surface area contributed by atoms with E-state index in [1.807, 2.05) is 25.1 Å². The van der Waals surface area contributed by atoms with E-state index in [-0.39, 0.29) is 5.97 Å². The molecule has 0 radical (unpaired) electrons. The summed E-state index contributed by atoms with van der Waals surface area (Å²) in [4.78, 5) is 18.5. The molecule has 0 fully saturated rings. The van der Waals surface area contributed by atoms with Gasteiger partial charge in [0.1, 0.15) is 10.8 Å². The summed E-state index contributed by atoms with van der Waals surface area (Å²) >= 11 is 5.19. The van der Waals surface area contributed by atoms with Crippen LogP contribution in [0.15, 0.2) is 27.7 Å². The van der Waals surface area contributed by atoms with E-state index in [4.69, 9.17) is 9.47 Å². The first kappa shape index (κ1) is 21.1. The lowest BCUT2D eigenvalue weighted by Crippen LogP contribution is -2.09. The number of benzene rings is 1. The highest BCUT2D eigenvalue weighted by Crippen LogP contribution is 2.40. The number of hydrogen-bond donors (Lipinski definition) is 0. The molecule has 1 aromatic heterocycles. The predicted molar refractivity (Wildman–Crippen MR) is 119 cm³/mol. The topological polar surface area (TPSA) is 47.9 Å². The van der Waals surface area contributed by atoms with E-state index >= 15 is 0 Å². The second kappa shape index (κ2) is 9.70.